The number of anilines is 1. The van der Waals surface area contributed by atoms with Gasteiger partial charge in [0.25, 0.3) is 11.8 Å². The van der Waals surface area contributed by atoms with Crippen LogP contribution in [0.25, 0.3) is 11.1 Å². The predicted molar refractivity (Wildman–Crippen MR) is 104 cm³/mol. The minimum absolute atomic E-state index is 0.226. The van der Waals surface area contributed by atoms with E-state index in [1.54, 1.807) is 24.3 Å². The number of nitrogens with two attached hydrogens (primary N) is 1. The Morgan fingerprint density at radius 3 is 2.59 bits per heavy atom. The molecule has 1 aliphatic rings. The van der Waals surface area contributed by atoms with Crippen molar-refractivity contribution in [2.45, 2.75) is 6.42 Å². The first-order chi connectivity index (χ1) is 13.1. The molecule has 5 heteroatoms. The van der Waals surface area contributed by atoms with Crippen molar-refractivity contribution in [1.82, 2.24) is 0 Å². The highest BCUT2D eigenvalue weighted by atomic mass is 16.5. The summed E-state index contributed by atoms with van der Waals surface area (Å²) in [4.78, 5) is 23.4. The fourth-order valence-corrected chi connectivity index (χ4v) is 3.31. The number of amides is 2. The van der Waals surface area contributed by atoms with E-state index in [-0.39, 0.29) is 12.5 Å². The van der Waals surface area contributed by atoms with E-state index in [0.717, 1.165) is 12.1 Å². The van der Waals surface area contributed by atoms with Crippen LogP contribution in [0.2, 0.25) is 0 Å². The zero-order valence-electron chi connectivity index (χ0n) is 14.6. The Kier molecular flexibility index (Phi) is 4.34. The lowest BCUT2D eigenvalue weighted by Crippen LogP contribution is -2.20. The van der Waals surface area contributed by atoms with Crippen LogP contribution in [0.4, 0.5) is 5.69 Å². The van der Waals surface area contributed by atoms with Crippen molar-refractivity contribution in [3.8, 4) is 16.9 Å². The first kappa shape index (κ1) is 16.8. The van der Waals surface area contributed by atoms with Gasteiger partial charge in [0, 0.05) is 11.3 Å². The molecule has 1 aliphatic carbocycles. The molecule has 0 saturated carbocycles. The van der Waals surface area contributed by atoms with E-state index in [9.17, 15) is 9.59 Å². The number of primary amides is 1. The Labute approximate surface area is 156 Å². The van der Waals surface area contributed by atoms with E-state index in [1.165, 1.54) is 22.3 Å². The summed E-state index contributed by atoms with van der Waals surface area (Å²) in [5, 5.41) is 2.92. The Bertz CT molecular complexity index is 1040. The second kappa shape index (κ2) is 6.96. The van der Waals surface area contributed by atoms with Crippen LogP contribution < -0.4 is 15.8 Å². The largest absolute Gasteiger partial charge is 0.484 e. The molecule has 0 bridgehead atoms. The van der Waals surface area contributed by atoms with Crippen molar-refractivity contribution < 1.29 is 14.3 Å². The van der Waals surface area contributed by atoms with Crippen LogP contribution >= 0.6 is 0 Å². The molecule has 134 valence electrons. The standard InChI is InChI=1S/C22H18N2O3/c23-21(25)13-27-18-6-3-5-15(12-18)22(26)24-17-8-9-20-16(11-17)10-14-4-1-2-7-19(14)20/h1-9,11-12H,10,13H2,(H2,23,25)(H,24,26). The third-order valence-corrected chi connectivity index (χ3v) is 4.53. The number of ether oxygens (including phenoxy) is 1. The third kappa shape index (κ3) is 3.53. The fraction of sp³-hybridized carbons (Fsp3) is 0.0909. The van der Waals surface area contributed by atoms with Crippen molar-refractivity contribution in [2.75, 3.05) is 11.9 Å². The number of carbonyl (C=O) groups excluding carboxylic acids is 2. The molecule has 27 heavy (non-hydrogen) atoms. The minimum Gasteiger partial charge on any atom is -0.484 e. The van der Waals surface area contributed by atoms with Crippen molar-refractivity contribution in [1.29, 1.82) is 0 Å². The van der Waals surface area contributed by atoms with Gasteiger partial charge in [-0.1, -0.05) is 36.4 Å². The lowest BCUT2D eigenvalue weighted by atomic mass is 10.1. The number of fused-ring (bicyclic) bond motifs is 3. The summed E-state index contributed by atoms with van der Waals surface area (Å²) < 4.78 is 5.25. The van der Waals surface area contributed by atoms with Crippen LogP contribution in [0.1, 0.15) is 21.5 Å². The number of nitrogens with one attached hydrogen (secondary N) is 1. The minimum atomic E-state index is -0.566. The molecule has 0 radical (unpaired) electrons. The summed E-state index contributed by atoms with van der Waals surface area (Å²) in [5.41, 5.74) is 11.2. The molecule has 5 nitrogen and oxygen atoms in total. The molecule has 3 aromatic rings. The first-order valence-corrected chi connectivity index (χ1v) is 8.64. The van der Waals surface area contributed by atoms with Gasteiger partial charge in [-0.15, -0.1) is 0 Å². The van der Waals surface area contributed by atoms with Crippen LogP contribution in [0.3, 0.4) is 0 Å². The Morgan fingerprint density at radius 2 is 1.74 bits per heavy atom. The van der Waals surface area contributed by atoms with E-state index >= 15 is 0 Å². The average Bonchev–Trinajstić information content (AvgIpc) is 3.04. The van der Waals surface area contributed by atoms with E-state index in [2.05, 4.69) is 17.4 Å². The molecule has 0 spiro atoms. The SMILES string of the molecule is NC(=O)COc1cccc(C(=O)Nc2ccc3c(c2)Cc2ccccc2-3)c1. The van der Waals surface area contributed by atoms with Crippen molar-refractivity contribution in [2.24, 2.45) is 5.73 Å². The monoisotopic (exact) mass is 358 g/mol. The van der Waals surface area contributed by atoms with Gasteiger partial charge in [0.05, 0.1) is 0 Å². The van der Waals surface area contributed by atoms with Crippen LogP contribution in [0.15, 0.2) is 66.7 Å². The number of benzene rings is 3. The Hall–Kier alpha value is -3.60. The van der Waals surface area contributed by atoms with Gasteiger partial charge in [-0.2, -0.15) is 0 Å². The average molecular weight is 358 g/mol. The van der Waals surface area contributed by atoms with Crippen LogP contribution in [-0.4, -0.2) is 18.4 Å². The van der Waals surface area contributed by atoms with E-state index in [0.29, 0.717) is 11.3 Å². The lowest BCUT2D eigenvalue weighted by Gasteiger charge is -2.09. The van der Waals surface area contributed by atoms with Crippen molar-refractivity contribution >= 4 is 17.5 Å². The van der Waals surface area contributed by atoms with Crippen LogP contribution in [-0.2, 0) is 11.2 Å². The van der Waals surface area contributed by atoms with Gasteiger partial charge >= 0.3 is 0 Å². The summed E-state index contributed by atoms with van der Waals surface area (Å²) in [6.07, 6.45) is 0.867. The predicted octanol–water partition coefficient (Wildman–Crippen LogP) is 3.37. The summed E-state index contributed by atoms with van der Waals surface area (Å²) in [7, 11) is 0. The Morgan fingerprint density at radius 1 is 0.926 bits per heavy atom. The first-order valence-electron chi connectivity index (χ1n) is 8.64. The zero-order valence-corrected chi connectivity index (χ0v) is 14.6. The zero-order chi connectivity index (χ0) is 18.8. The molecule has 0 atom stereocenters. The maximum Gasteiger partial charge on any atom is 0.255 e. The summed E-state index contributed by atoms with van der Waals surface area (Å²) >= 11 is 0. The van der Waals surface area contributed by atoms with E-state index < -0.39 is 5.91 Å². The molecule has 0 aromatic heterocycles. The quantitative estimate of drug-likeness (QED) is 0.574. The molecule has 0 saturated heterocycles. The highest BCUT2D eigenvalue weighted by Gasteiger charge is 2.18. The number of hydrogen-bond acceptors (Lipinski definition) is 3. The second-order valence-corrected chi connectivity index (χ2v) is 6.44. The van der Waals surface area contributed by atoms with Gasteiger partial charge in [-0.05, 0) is 59.0 Å². The smallest absolute Gasteiger partial charge is 0.255 e. The topological polar surface area (TPSA) is 81.4 Å². The van der Waals surface area contributed by atoms with E-state index in [4.69, 9.17) is 10.5 Å². The maximum absolute atomic E-state index is 12.6. The summed E-state index contributed by atoms with van der Waals surface area (Å²) in [6.45, 7) is -0.226. The second-order valence-electron chi connectivity index (χ2n) is 6.44. The number of hydrogen-bond donors (Lipinski definition) is 2. The molecule has 4 rings (SSSR count). The normalized spacial score (nSPS) is 11.4. The van der Waals surface area contributed by atoms with Crippen molar-refractivity contribution in [3.05, 3.63) is 83.4 Å². The molecule has 0 fully saturated rings. The highest BCUT2D eigenvalue weighted by molar-refractivity contribution is 6.04. The van der Waals surface area contributed by atoms with Gasteiger partial charge < -0.3 is 15.8 Å². The maximum atomic E-state index is 12.6. The fourth-order valence-electron chi connectivity index (χ4n) is 3.31. The molecule has 3 aromatic carbocycles. The molecular weight excluding hydrogens is 340 g/mol. The van der Waals surface area contributed by atoms with Crippen LogP contribution in [0, 0.1) is 0 Å². The third-order valence-electron chi connectivity index (χ3n) is 4.53. The molecule has 3 N–H and O–H groups in total. The molecule has 0 heterocycles. The number of rotatable bonds is 5. The molecule has 0 unspecified atom stereocenters. The molecule has 0 aliphatic heterocycles. The van der Waals surface area contributed by atoms with E-state index in [1.807, 2.05) is 30.3 Å². The summed E-state index contributed by atoms with van der Waals surface area (Å²) in [5.74, 6) is -0.384. The van der Waals surface area contributed by atoms with Gasteiger partial charge in [0.2, 0.25) is 0 Å². The van der Waals surface area contributed by atoms with Crippen molar-refractivity contribution in [3.63, 3.8) is 0 Å². The molecular formula is C22H18N2O3. The van der Waals surface area contributed by atoms with Gasteiger partial charge in [0.15, 0.2) is 6.61 Å². The highest BCUT2D eigenvalue weighted by Crippen LogP contribution is 2.37. The lowest BCUT2D eigenvalue weighted by molar-refractivity contribution is -0.119. The van der Waals surface area contributed by atoms with Gasteiger partial charge in [-0.3, -0.25) is 9.59 Å². The van der Waals surface area contributed by atoms with Crippen LogP contribution in [0.5, 0.6) is 5.75 Å². The number of carbonyl (C=O) groups is 2. The summed E-state index contributed by atoms with van der Waals surface area (Å²) in [6, 6.07) is 20.9. The van der Waals surface area contributed by atoms with Gasteiger partial charge in [0.1, 0.15) is 5.75 Å². The Balaban J connectivity index is 1.50. The molecule has 2 amide bonds. The van der Waals surface area contributed by atoms with Gasteiger partial charge in [-0.25, -0.2) is 0 Å².